The van der Waals surface area contributed by atoms with E-state index in [0.29, 0.717) is 23.0 Å². The third-order valence-electron chi connectivity index (χ3n) is 4.12. The van der Waals surface area contributed by atoms with E-state index in [1.807, 2.05) is 19.9 Å². The first-order valence-corrected chi connectivity index (χ1v) is 9.58. The Morgan fingerprint density at radius 2 is 1.69 bits per heavy atom. The van der Waals surface area contributed by atoms with Crippen molar-refractivity contribution >= 4 is 17.7 Å². The summed E-state index contributed by atoms with van der Waals surface area (Å²) < 4.78 is 35.0. The van der Waals surface area contributed by atoms with Gasteiger partial charge in [0.25, 0.3) is 11.9 Å². The number of rotatable bonds is 8. The lowest BCUT2D eigenvalue weighted by atomic mass is 10.1. The zero-order valence-corrected chi connectivity index (χ0v) is 17.6. The fraction of sp³-hybridized carbons (Fsp3) is 0.286. The number of ether oxygens (including phenoxy) is 2. The molecule has 0 saturated heterocycles. The molecule has 2 heterocycles. The molecule has 9 nitrogen and oxygen atoms in total. The molecule has 0 aliphatic carbocycles. The van der Waals surface area contributed by atoms with Crippen LogP contribution in [0, 0.1) is 20.8 Å². The number of esters is 1. The molecule has 0 aliphatic heterocycles. The summed E-state index contributed by atoms with van der Waals surface area (Å²) in [5.74, 6) is -0.587. The quantitative estimate of drug-likeness (QED) is 0.531. The van der Waals surface area contributed by atoms with Gasteiger partial charge in [0.05, 0.1) is 12.1 Å². The number of aromatic nitrogens is 4. The smallest absolute Gasteiger partial charge is 0.387 e. The lowest BCUT2D eigenvalue weighted by Crippen LogP contribution is -2.23. The first kappa shape index (κ1) is 22.8. The number of carbonyl (C=O) groups is 2. The Labute approximate surface area is 182 Å². The highest BCUT2D eigenvalue weighted by Crippen LogP contribution is 2.16. The van der Waals surface area contributed by atoms with Crippen LogP contribution in [0.4, 0.5) is 14.6 Å². The first-order chi connectivity index (χ1) is 15.2. The van der Waals surface area contributed by atoms with E-state index in [2.05, 4.69) is 25.1 Å². The van der Waals surface area contributed by atoms with Crippen molar-refractivity contribution in [3.05, 3.63) is 59.0 Å². The highest BCUT2D eigenvalue weighted by Gasteiger charge is 2.15. The van der Waals surface area contributed by atoms with Gasteiger partial charge >= 0.3 is 12.6 Å². The van der Waals surface area contributed by atoms with Gasteiger partial charge in [0.15, 0.2) is 6.61 Å². The van der Waals surface area contributed by atoms with Crippen LogP contribution in [0.15, 0.2) is 36.4 Å². The molecule has 11 heteroatoms. The molecule has 1 aromatic carbocycles. The standard InChI is InChI=1S/C21H21F2N5O4/c1-12-8-13(2)25-21(24-12)28-17(9-14(3)27-28)26-18(29)11-31-19(30)10-15-4-6-16(7-5-15)32-20(22)23/h4-9,20H,10-11H2,1-3H3,(H,26,29). The van der Waals surface area contributed by atoms with Crippen molar-refractivity contribution in [2.24, 2.45) is 0 Å². The first-order valence-electron chi connectivity index (χ1n) is 9.58. The topological polar surface area (TPSA) is 108 Å². The normalized spacial score (nSPS) is 10.8. The van der Waals surface area contributed by atoms with Crippen LogP contribution in [-0.4, -0.2) is 44.8 Å². The molecular formula is C21H21F2N5O4. The number of aryl methyl sites for hydroxylation is 3. The molecule has 1 amide bonds. The Kier molecular flexibility index (Phi) is 7.08. The van der Waals surface area contributed by atoms with Crippen LogP contribution >= 0.6 is 0 Å². The minimum Gasteiger partial charge on any atom is -0.455 e. The summed E-state index contributed by atoms with van der Waals surface area (Å²) in [6.45, 7) is 1.97. The van der Waals surface area contributed by atoms with Crippen LogP contribution in [0.3, 0.4) is 0 Å². The largest absolute Gasteiger partial charge is 0.455 e. The number of nitrogens with one attached hydrogen (secondary N) is 1. The van der Waals surface area contributed by atoms with E-state index in [1.54, 1.807) is 13.0 Å². The van der Waals surface area contributed by atoms with Crippen molar-refractivity contribution < 1.29 is 27.8 Å². The third kappa shape index (κ3) is 6.30. The van der Waals surface area contributed by atoms with E-state index in [0.717, 1.165) is 11.4 Å². The number of alkyl halides is 2. The van der Waals surface area contributed by atoms with Crippen LogP contribution in [0.5, 0.6) is 5.75 Å². The van der Waals surface area contributed by atoms with Gasteiger partial charge in [-0.2, -0.15) is 18.6 Å². The maximum atomic E-state index is 12.3. The molecule has 3 aromatic rings. The molecule has 1 N–H and O–H groups in total. The van der Waals surface area contributed by atoms with Gasteiger partial charge in [0, 0.05) is 17.5 Å². The Balaban J connectivity index is 1.57. The Bertz CT molecular complexity index is 1100. The van der Waals surface area contributed by atoms with Gasteiger partial charge < -0.3 is 14.8 Å². The minimum atomic E-state index is -2.93. The van der Waals surface area contributed by atoms with Crippen LogP contribution in [-0.2, 0) is 20.7 Å². The highest BCUT2D eigenvalue weighted by molar-refractivity contribution is 5.92. The molecule has 0 unspecified atom stereocenters. The van der Waals surface area contributed by atoms with Gasteiger partial charge in [-0.05, 0) is 44.5 Å². The van der Waals surface area contributed by atoms with Crippen molar-refractivity contribution in [3.8, 4) is 11.7 Å². The van der Waals surface area contributed by atoms with Crippen molar-refractivity contribution in [2.45, 2.75) is 33.8 Å². The van der Waals surface area contributed by atoms with Crippen LogP contribution in [0.1, 0.15) is 22.6 Å². The molecule has 0 saturated carbocycles. The monoisotopic (exact) mass is 445 g/mol. The summed E-state index contributed by atoms with van der Waals surface area (Å²) in [4.78, 5) is 33.0. The van der Waals surface area contributed by atoms with Crippen LogP contribution in [0.2, 0.25) is 0 Å². The summed E-state index contributed by atoms with van der Waals surface area (Å²) in [5.41, 5.74) is 2.67. The maximum absolute atomic E-state index is 12.3. The number of amides is 1. The number of benzene rings is 1. The van der Waals surface area contributed by atoms with E-state index in [-0.39, 0.29) is 12.2 Å². The van der Waals surface area contributed by atoms with E-state index >= 15 is 0 Å². The predicted molar refractivity (Wildman–Crippen MR) is 110 cm³/mol. The Morgan fingerprint density at radius 1 is 1.03 bits per heavy atom. The lowest BCUT2D eigenvalue weighted by molar-refractivity contribution is -0.146. The van der Waals surface area contributed by atoms with Gasteiger partial charge in [-0.3, -0.25) is 9.59 Å². The van der Waals surface area contributed by atoms with Gasteiger partial charge in [0.2, 0.25) is 0 Å². The van der Waals surface area contributed by atoms with E-state index in [1.165, 1.54) is 28.9 Å². The molecule has 0 bridgehead atoms. The fourth-order valence-corrected chi connectivity index (χ4v) is 2.87. The number of carbonyl (C=O) groups excluding carboxylic acids is 2. The second kappa shape index (κ2) is 9.94. The Morgan fingerprint density at radius 3 is 2.31 bits per heavy atom. The van der Waals surface area contributed by atoms with Crippen LogP contribution < -0.4 is 10.1 Å². The second-order valence-corrected chi connectivity index (χ2v) is 6.94. The molecule has 3 rings (SSSR count). The van der Waals surface area contributed by atoms with Gasteiger partial charge in [-0.1, -0.05) is 12.1 Å². The fourth-order valence-electron chi connectivity index (χ4n) is 2.87. The number of hydrogen-bond acceptors (Lipinski definition) is 7. The highest BCUT2D eigenvalue weighted by atomic mass is 19.3. The van der Waals surface area contributed by atoms with Crippen LogP contribution in [0.25, 0.3) is 5.95 Å². The molecular weight excluding hydrogens is 424 g/mol. The average molecular weight is 445 g/mol. The minimum absolute atomic E-state index is 0.0174. The zero-order chi connectivity index (χ0) is 23.3. The van der Waals surface area contributed by atoms with Crippen molar-refractivity contribution in [1.29, 1.82) is 0 Å². The van der Waals surface area contributed by atoms with Crippen molar-refractivity contribution in [2.75, 3.05) is 11.9 Å². The summed E-state index contributed by atoms with van der Waals surface area (Å²) in [5, 5.41) is 6.93. The average Bonchev–Trinajstić information content (AvgIpc) is 3.07. The molecule has 0 spiro atoms. The number of anilines is 1. The molecule has 2 aromatic heterocycles. The second-order valence-electron chi connectivity index (χ2n) is 6.94. The molecule has 168 valence electrons. The molecule has 0 fully saturated rings. The molecule has 0 atom stereocenters. The summed E-state index contributed by atoms with van der Waals surface area (Å²) in [6.07, 6.45) is -0.129. The van der Waals surface area contributed by atoms with Crippen molar-refractivity contribution in [3.63, 3.8) is 0 Å². The lowest BCUT2D eigenvalue weighted by Gasteiger charge is -2.09. The molecule has 0 aliphatic rings. The number of hydrogen-bond donors (Lipinski definition) is 1. The van der Waals surface area contributed by atoms with E-state index < -0.39 is 25.1 Å². The van der Waals surface area contributed by atoms with E-state index in [4.69, 9.17) is 4.74 Å². The van der Waals surface area contributed by atoms with Gasteiger partial charge in [-0.15, -0.1) is 0 Å². The SMILES string of the molecule is Cc1cc(C)nc(-n2nc(C)cc2NC(=O)COC(=O)Cc2ccc(OC(F)F)cc2)n1. The predicted octanol–water partition coefficient (Wildman–Crippen LogP) is 2.91. The molecule has 32 heavy (non-hydrogen) atoms. The maximum Gasteiger partial charge on any atom is 0.387 e. The van der Waals surface area contributed by atoms with Crippen molar-refractivity contribution in [1.82, 2.24) is 19.7 Å². The summed E-state index contributed by atoms with van der Waals surface area (Å²) in [6, 6.07) is 9.02. The molecule has 0 radical (unpaired) electrons. The van der Waals surface area contributed by atoms with Gasteiger partial charge in [0.1, 0.15) is 11.6 Å². The summed E-state index contributed by atoms with van der Waals surface area (Å²) >= 11 is 0. The van der Waals surface area contributed by atoms with E-state index in [9.17, 15) is 18.4 Å². The number of nitrogens with zero attached hydrogens (tertiary/aromatic N) is 4. The third-order valence-corrected chi connectivity index (χ3v) is 4.12. The summed E-state index contributed by atoms with van der Waals surface area (Å²) in [7, 11) is 0. The van der Waals surface area contributed by atoms with Gasteiger partial charge in [-0.25, -0.2) is 9.97 Å². The zero-order valence-electron chi connectivity index (χ0n) is 17.6. The Hall–Kier alpha value is -3.89. The number of halogens is 2.